The van der Waals surface area contributed by atoms with Gasteiger partial charge in [0.25, 0.3) is 5.91 Å². The zero-order valence-electron chi connectivity index (χ0n) is 15.1. The molecule has 3 rings (SSSR count). The van der Waals surface area contributed by atoms with E-state index in [0.717, 1.165) is 17.0 Å². The fourth-order valence-electron chi connectivity index (χ4n) is 2.61. The van der Waals surface area contributed by atoms with E-state index >= 15 is 0 Å². The number of ether oxygens (including phenoxy) is 1. The molecule has 134 valence electrons. The van der Waals surface area contributed by atoms with Crippen molar-refractivity contribution in [3.63, 3.8) is 0 Å². The number of nitrogens with one attached hydrogen (secondary N) is 1. The van der Waals surface area contributed by atoms with E-state index in [0.29, 0.717) is 18.0 Å². The highest BCUT2D eigenvalue weighted by Gasteiger charge is 2.17. The van der Waals surface area contributed by atoms with Crippen LogP contribution in [0.5, 0.6) is 5.75 Å². The molecule has 1 atom stereocenters. The molecule has 0 bridgehead atoms. The quantitative estimate of drug-likeness (QED) is 0.742. The SMILES string of the molecule is Cc1cccc(OCC(C)NC(=O)c2cnn(-c3ccccn3)c2C)c1. The molecule has 26 heavy (non-hydrogen) atoms. The topological polar surface area (TPSA) is 69.0 Å². The maximum Gasteiger partial charge on any atom is 0.255 e. The molecule has 6 heteroatoms. The van der Waals surface area contributed by atoms with E-state index in [1.165, 1.54) is 0 Å². The predicted octanol–water partition coefficient (Wildman–Crippen LogP) is 3.08. The summed E-state index contributed by atoms with van der Waals surface area (Å²) in [7, 11) is 0. The van der Waals surface area contributed by atoms with E-state index < -0.39 is 0 Å². The van der Waals surface area contributed by atoms with Gasteiger partial charge in [0.05, 0.1) is 23.5 Å². The van der Waals surface area contributed by atoms with Crippen LogP contribution < -0.4 is 10.1 Å². The van der Waals surface area contributed by atoms with Crippen molar-refractivity contribution < 1.29 is 9.53 Å². The Balaban J connectivity index is 1.62. The molecule has 0 radical (unpaired) electrons. The molecule has 1 N–H and O–H groups in total. The lowest BCUT2D eigenvalue weighted by atomic mass is 10.2. The number of benzene rings is 1. The summed E-state index contributed by atoms with van der Waals surface area (Å²) in [6, 6.07) is 13.3. The third-order valence-electron chi connectivity index (χ3n) is 3.99. The van der Waals surface area contributed by atoms with Crippen molar-refractivity contribution in [2.75, 3.05) is 6.61 Å². The Morgan fingerprint density at radius 3 is 2.81 bits per heavy atom. The summed E-state index contributed by atoms with van der Waals surface area (Å²) in [5.41, 5.74) is 2.41. The van der Waals surface area contributed by atoms with Crippen LogP contribution in [0.2, 0.25) is 0 Å². The third-order valence-corrected chi connectivity index (χ3v) is 3.99. The Bertz CT molecular complexity index is 890. The van der Waals surface area contributed by atoms with E-state index in [1.807, 2.05) is 63.2 Å². The van der Waals surface area contributed by atoms with Crippen LogP contribution in [0.1, 0.15) is 28.5 Å². The molecule has 1 amide bonds. The van der Waals surface area contributed by atoms with Crippen LogP contribution in [0.15, 0.2) is 54.9 Å². The first-order valence-electron chi connectivity index (χ1n) is 8.51. The third kappa shape index (κ3) is 4.08. The Morgan fingerprint density at radius 2 is 2.08 bits per heavy atom. The van der Waals surface area contributed by atoms with Crippen LogP contribution in [-0.2, 0) is 0 Å². The second-order valence-electron chi connectivity index (χ2n) is 6.25. The molecule has 6 nitrogen and oxygen atoms in total. The molecule has 0 fully saturated rings. The summed E-state index contributed by atoms with van der Waals surface area (Å²) < 4.78 is 7.40. The summed E-state index contributed by atoms with van der Waals surface area (Å²) in [6.45, 7) is 6.17. The lowest BCUT2D eigenvalue weighted by molar-refractivity contribution is 0.0926. The van der Waals surface area contributed by atoms with Gasteiger partial charge in [-0.15, -0.1) is 0 Å². The van der Waals surface area contributed by atoms with Gasteiger partial charge in [0.1, 0.15) is 12.4 Å². The first-order chi connectivity index (χ1) is 12.5. The summed E-state index contributed by atoms with van der Waals surface area (Å²) in [4.78, 5) is 16.8. The van der Waals surface area contributed by atoms with Gasteiger partial charge in [0.2, 0.25) is 0 Å². The molecular formula is C20H22N4O2. The van der Waals surface area contributed by atoms with E-state index in [-0.39, 0.29) is 11.9 Å². The van der Waals surface area contributed by atoms with Gasteiger partial charge in [-0.25, -0.2) is 9.67 Å². The highest BCUT2D eigenvalue weighted by Crippen LogP contribution is 2.14. The molecule has 2 heterocycles. The molecule has 0 saturated carbocycles. The second-order valence-corrected chi connectivity index (χ2v) is 6.25. The molecule has 1 aromatic carbocycles. The summed E-state index contributed by atoms with van der Waals surface area (Å²) >= 11 is 0. The van der Waals surface area contributed by atoms with Crippen molar-refractivity contribution in [3.8, 4) is 11.6 Å². The summed E-state index contributed by atoms with van der Waals surface area (Å²) in [6.07, 6.45) is 3.26. The average Bonchev–Trinajstić information content (AvgIpc) is 3.02. The van der Waals surface area contributed by atoms with Gasteiger partial charge < -0.3 is 10.1 Å². The smallest absolute Gasteiger partial charge is 0.255 e. The minimum atomic E-state index is -0.176. The number of rotatable bonds is 6. The lowest BCUT2D eigenvalue weighted by Crippen LogP contribution is -2.37. The van der Waals surface area contributed by atoms with Gasteiger partial charge in [-0.2, -0.15) is 5.10 Å². The first kappa shape index (κ1) is 17.7. The maximum atomic E-state index is 12.5. The molecular weight excluding hydrogens is 328 g/mol. The zero-order valence-corrected chi connectivity index (χ0v) is 15.1. The highest BCUT2D eigenvalue weighted by atomic mass is 16.5. The molecule has 2 aromatic heterocycles. The Hall–Kier alpha value is -3.15. The van der Waals surface area contributed by atoms with Crippen molar-refractivity contribution >= 4 is 5.91 Å². The fraction of sp³-hybridized carbons (Fsp3) is 0.250. The van der Waals surface area contributed by atoms with Gasteiger partial charge in [0.15, 0.2) is 5.82 Å². The second kappa shape index (κ2) is 7.82. The van der Waals surface area contributed by atoms with Crippen LogP contribution in [0, 0.1) is 13.8 Å². The monoisotopic (exact) mass is 350 g/mol. The Morgan fingerprint density at radius 1 is 1.23 bits per heavy atom. The van der Waals surface area contributed by atoms with E-state index in [4.69, 9.17) is 4.74 Å². The first-order valence-corrected chi connectivity index (χ1v) is 8.51. The van der Waals surface area contributed by atoms with Gasteiger partial charge >= 0.3 is 0 Å². The van der Waals surface area contributed by atoms with Crippen LogP contribution in [0.4, 0.5) is 0 Å². The molecule has 0 saturated heterocycles. The van der Waals surface area contributed by atoms with Crippen LogP contribution in [0.3, 0.4) is 0 Å². The van der Waals surface area contributed by atoms with Crippen LogP contribution in [-0.4, -0.2) is 33.3 Å². The highest BCUT2D eigenvalue weighted by molar-refractivity contribution is 5.95. The number of hydrogen-bond acceptors (Lipinski definition) is 4. The molecule has 0 aliphatic heterocycles. The average molecular weight is 350 g/mol. The zero-order chi connectivity index (χ0) is 18.5. The number of carbonyl (C=O) groups excluding carboxylic acids is 1. The number of carbonyl (C=O) groups is 1. The van der Waals surface area contributed by atoms with E-state index in [9.17, 15) is 4.79 Å². The van der Waals surface area contributed by atoms with Crippen molar-refractivity contribution in [3.05, 3.63) is 71.7 Å². The number of hydrogen-bond donors (Lipinski definition) is 1. The number of amides is 1. The van der Waals surface area contributed by atoms with Gasteiger partial charge in [-0.1, -0.05) is 18.2 Å². The number of pyridine rings is 1. The lowest BCUT2D eigenvalue weighted by Gasteiger charge is -2.15. The van der Waals surface area contributed by atoms with Crippen molar-refractivity contribution in [2.45, 2.75) is 26.8 Å². The summed E-state index contributed by atoms with van der Waals surface area (Å²) in [5, 5.41) is 7.23. The van der Waals surface area contributed by atoms with E-state index in [1.54, 1.807) is 17.1 Å². The largest absolute Gasteiger partial charge is 0.491 e. The Labute approximate surface area is 152 Å². The molecule has 3 aromatic rings. The fourth-order valence-corrected chi connectivity index (χ4v) is 2.61. The minimum absolute atomic E-state index is 0.138. The van der Waals surface area contributed by atoms with Gasteiger partial charge in [0, 0.05) is 6.20 Å². The van der Waals surface area contributed by atoms with Crippen molar-refractivity contribution in [1.82, 2.24) is 20.1 Å². The predicted molar refractivity (Wildman–Crippen MR) is 99.7 cm³/mol. The standard InChI is InChI=1S/C20H22N4O2/c1-14-7-6-8-17(11-14)26-13-15(2)23-20(25)18-12-22-24(16(18)3)19-9-4-5-10-21-19/h4-12,15H,13H2,1-3H3,(H,23,25). The van der Waals surface area contributed by atoms with E-state index in [2.05, 4.69) is 15.4 Å². The van der Waals surface area contributed by atoms with Crippen LogP contribution >= 0.6 is 0 Å². The van der Waals surface area contributed by atoms with Crippen molar-refractivity contribution in [1.29, 1.82) is 0 Å². The maximum absolute atomic E-state index is 12.5. The Kier molecular flexibility index (Phi) is 5.31. The number of aryl methyl sites for hydroxylation is 1. The van der Waals surface area contributed by atoms with Crippen LogP contribution in [0.25, 0.3) is 5.82 Å². The molecule has 0 aliphatic rings. The number of aromatic nitrogens is 3. The normalized spacial score (nSPS) is 11.8. The van der Waals surface area contributed by atoms with Gasteiger partial charge in [-0.05, 0) is 50.6 Å². The molecule has 0 spiro atoms. The summed E-state index contributed by atoms with van der Waals surface area (Å²) in [5.74, 6) is 1.30. The number of nitrogens with zero attached hydrogens (tertiary/aromatic N) is 3. The molecule has 0 aliphatic carbocycles. The molecule has 1 unspecified atom stereocenters. The van der Waals surface area contributed by atoms with Crippen molar-refractivity contribution in [2.24, 2.45) is 0 Å². The van der Waals surface area contributed by atoms with Gasteiger partial charge in [-0.3, -0.25) is 4.79 Å². The minimum Gasteiger partial charge on any atom is -0.491 e.